The fraction of sp³-hybridized carbons (Fsp3) is 0.500. The Hall–Kier alpha value is -2.64. The zero-order valence-corrected chi connectivity index (χ0v) is 22.0. The molecule has 2 aromatic carbocycles. The number of carbonyl (C=O) groups excluding carboxylic acids is 2. The molecule has 7 heteroatoms. The van der Waals surface area contributed by atoms with Crippen LogP contribution in [-0.4, -0.2) is 42.3 Å². The van der Waals surface area contributed by atoms with E-state index in [1.807, 2.05) is 63.2 Å². The quantitative estimate of drug-likeness (QED) is 0.421. The van der Waals surface area contributed by atoms with Crippen molar-refractivity contribution < 1.29 is 23.6 Å². The molecule has 1 aliphatic heterocycles. The van der Waals surface area contributed by atoms with Gasteiger partial charge in [-0.15, -0.1) is 0 Å². The van der Waals surface area contributed by atoms with Gasteiger partial charge < -0.3 is 19.4 Å². The van der Waals surface area contributed by atoms with Gasteiger partial charge in [-0.1, -0.05) is 42.5 Å². The van der Waals surface area contributed by atoms with Crippen LogP contribution >= 0.6 is 0 Å². The van der Waals surface area contributed by atoms with Gasteiger partial charge in [0.15, 0.2) is 0 Å². The maximum atomic E-state index is 12.5. The second kappa shape index (κ2) is 10.5. The first-order valence-corrected chi connectivity index (χ1v) is 12.3. The molecule has 2 aromatic rings. The lowest BCUT2D eigenvalue weighted by atomic mass is 9.65. The molecule has 0 spiro atoms. The number of hydrogen-bond acceptors (Lipinski definition) is 5. The van der Waals surface area contributed by atoms with Crippen molar-refractivity contribution >= 4 is 19.0 Å². The highest BCUT2D eigenvalue weighted by molar-refractivity contribution is 6.47. The summed E-state index contributed by atoms with van der Waals surface area (Å²) >= 11 is 0. The largest absolute Gasteiger partial charge is 0.466 e. The number of hydrogen-bond donors (Lipinski definition) is 1. The molecule has 1 N–H and O–H groups in total. The monoisotopic (exact) mass is 479 g/mol. The summed E-state index contributed by atoms with van der Waals surface area (Å²) in [6.07, 6.45) is 0.843. The van der Waals surface area contributed by atoms with Gasteiger partial charge in [0.1, 0.15) is 5.60 Å². The molecule has 1 heterocycles. The van der Waals surface area contributed by atoms with Gasteiger partial charge in [-0.3, -0.25) is 9.59 Å². The number of nitrogens with one attached hydrogen (secondary N) is 1. The molecule has 35 heavy (non-hydrogen) atoms. The first-order valence-electron chi connectivity index (χ1n) is 12.3. The summed E-state index contributed by atoms with van der Waals surface area (Å²) in [6.45, 7) is 13.9. The Morgan fingerprint density at radius 1 is 0.943 bits per heavy atom. The van der Waals surface area contributed by atoms with Crippen molar-refractivity contribution in [2.45, 2.75) is 83.9 Å². The van der Waals surface area contributed by atoms with Crippen molar-refractivity contribution in [2.24, 2.45) is 0 Å². The van der Waals surface area contributed by atoms with Crippen LogP contribution in [0.15, 0.2) is 54.6 Å². The van der Waals surface area contributed by atoms with E-state index in [1.54, 1.807) is 0 Å². The van der Waals surface area contributed by atoms with Gasteiger partial charge in [0, 0.05) is 17.9 Å². The van der Waals surface area contributed by atoms with Crippen molar-refractivity contribution in [2.75, 3.05) is 6.54 Å². The van der Waals surface area contributed by atoms with E-state index >= 15 is 0 Å². The van der Waals surface area contributed by atoms with E-state index in [2.05, 4.69) is 45.1 Å². The van der Waals surface area contributed by atoms with E-state index < -0.39 is 16.8 Å². The summed E-state index contributed by atoms with van der Waals surface area (Å²) in [5.41, 5.74) is 1.42. The number of amides is 1. The van der Waals surface area contributed by atoms with E-state index in [-0.39, 0.29) is 37.8 Å². The van der Waals surface area contributed by atoms with Crippen LogP contribution in [0.1, 0.15) is 82.2 Å². The molecule has 1 atom stereocenters. The van der Waals surface area contributed by atoms with Gasteiger partial charge in [0.2, 0.25) is 0 Å². The topological polar surface area (TPSA) is 73.9 Å². The molecule has 188 valence electrons. The highest BCUT2D eigenvalue weighted by Gasteiger charge is 2.53. The van der Waals surface area contributed by atoms with Gasteiger partial charge in [-0.25, -0.2) is 0 Å². The van der Waals surface area contributed by atoms with Gasteiger partial charge in [-0.05, 0) is 78.1 Å². The van der Waals surface area contributed by atoms with Crippen molar-refractivity contribution in [1.29, 1.82) is 0 Å². The Morgan fingerprint density at radius 3 is 2.06 bits per heavy atom. The summed E-state index contributed by atoms with van der Waals surface area (Å²) in [4.78, 5) is 24.4. The average Bonchev–Trinajstić information content (AvgIpc) is 2.98. The smallest absolute Gasteiger partial charge is 0.460 e. The highest BCUT2D eigenvalue weighted by atomic mass is 16.7. The maximum absolute atomic E-state index is 12.5. The number of esters is 1. The zero-order valence-electron chi connectivity index (χ0n) is 22.0. The Bertz CT molecular complexity index is 996. The van der Waals surface area contributed by atoms with Crippen molar-refractivity contribution in [3.63, 3.8) is 0 Å². The first-order chi connectivity index (χ1) is 16.3. The summed E-state index contributed by atoms with van der Waals surface area (Å²) in [6, 6.07) is 17.8. The number of rotatable bonds is 8. The Balaban J connectivity index is 1.65. The lowest BCUT2D eigenvalue weighted by Gasteiger charge is -2.32. The highest BCUT2D eigenvalue weighted by Crippen LogP contribution is 2.41. The Labute approximate surface area is 209 Å². The van der Waals surface area contributed by atoms with Crippen molar-refractivity contribution in [1.82, 2.24) is 5.32 Å². The van der Waals surface area contributed by atoms with Crippen LogP contribution < -0.4 is 5.32 Å². The predicted molar refractivity (Wildman–Crippen MR) is 138 cm³/mol. The standard InChI is InChI=1S/C28H38BNO5/c1-26(2,3)33-24(31)17-18-30-25(32)22-15-13-20(14-16-22)19-23(21-11-9-8-10-12-21)29-34-27(4,5)28(6,7)35-29/h8-16,23H,17-19H2,1-7H3,(H,30,32)/t23-/m0/s1. The Morgan fingerprint density at radius 2 is 1.51 bits per heavy atom. The van der Waals surface area contributed by atoms with Gasteiger partial charge in [-0.2, -0.15) is 0 Å². The fourth-order valence-electron chi connectivity index (χ4n) is 3.94. The molecule has 0 unspecified atom stereocenters. The molecule has 1 fully saturated rings. The molecular formula is C28H38BNO5. The second-order valence-electron chi connectivity index (χ2n) is 11.1. The number of carbonyl (C=O) groups is 2. The Kier molecular flexibility index (Phi) is 8.12. The third-order valence-electron chi connectivity index (χ3n) is 6.53. The van der Waals surface area contributed by atoms with Gasteiger partial charge in [0.25, 0.3) is 5.91 Å². The zero-order chi connectivity index (χ0) is 25.9. The molecule has 0 bridgehead atoms. The van der Waals surface area contributed by atoms with Crippen LogP contribution in [0.4, 0.5) is 0 Å². The number of ether oxygens (including phenoxy) is 1. The first kappa shape index (κ1) is 27.0. The van der Waals surface area contributed by atoms with Gasteiger partial charge in [0.05, 0.1) is 17.6 Å². The molecular weight excluding hydrogens is 441 g/mol. The van der Waals surface area contributed by atoms with E-state index in [4.69, 9.17) is 14.0 Å². The molecule has 0 radical (unpaired) electrons. The molecule has 1 amide bonds. The van der Waals surface area contributed by atoms with Crippen molar-refractivity contribution in [3.05, 3.63) is 71.3 Å². The third-order valence-corrected chi connectivity index (χ3v) is 6.53. The van der Waals surface area contributed by atoms with E-state index in [0.717, 1.165) is 11.1 Å². The predicted octanol–water partition coefficient (Wildman–Crippen LogP) is 5.11. The maximum Gasteiger partial charge on any atom is 0.466 e. The summed E-state index contributed by atoms with van der Waals surface area (Å²) in [5, 5.41) is 2.78. The molecule has 3 rings (SSSR count). The van der Waals surface area contributed by atoms with Crippen LogP contribution in [0.3, 0.4) is 0 Å². The van der Waals surface area contributed by atoms with Gasteiger partial charge >= 0.3 is 13.1 Å². The van der Waals surface area contributed by atoms with Crippen LogP contribution in [0.25, 0.3) is 0 Å². The molecule has 1 saturated heterocycles. The number of benzene rings is 2. The van der Waals surface area contributed by atoms with Crippen molar-refractivity contribution in [3.8, 4) is 0 Å². The second-order valence-corrected chi connectivity index (χ2v) is 11.1. The SMILES string of the molecule is CC(C)(C)OC(=O)CCNC(=O)c1ccc(C[C@H](B2OC(C)(C)C(C)(C)O2)c2ccccc2)cc1. The van der Waals surface area contributed by atoms with Crippen LogP contribution in [-0.2, 0) is 25.3 Å². The summed E-state index contributed by atoms with van der Waals surface area (Å²) < 4.78 is 18.0. The minimum absolute atomic E-state index is 0.00533. The minimum Gasteiger partial charge on any atom is -0.460 e. The normalized spacial score (nSPS) is 17.6. The fourth-order valence-corrected chi connectivity index (χ4v) is 3.94. The average molecular weight is 479 g/mol. The van der Waals surface area contributed by atoms with E-state index in [0.29, 0.717) is 12.0 Å². The van der Waals surface area contributed by atoms with Crippen LogP contribution in [0.2, 0.25) is 0 Å². The molecule has 0 aliphatic carbocycles. The van der Waals surface area contributed by atoms with E-state index in [1.165, 1.54) is 0 Å². The lowest BCUT2D eigenvalue weighted by molar-refractivity contribution is -0.154. The van der Waals surface area contributed by atoms with Crippen LogP contribution in [0.5, 0.6) is 0 Å². The van der Waals surface area contributed by atoms with E-state index in [9.17, 15) is 9.59 Å². The van der Waals surface area contributed by atoms with Crippen LogP contribution in [0, 0.1) is 0 Å². The minimum atomic E-state index is -0.533. The third kappa shape index (κ3) is 7.18. The molecule has 0 aromatic heterocycles. The molecule has 1 aliphatic rings. The molecule has 0 saturated carbocycles. The summed E-state index contributed by atoms with van der Waals surface area (Å²) in [5.74, 6) is -0.542. The summed E-state index contributed by atoms with van der Waals surface area (Å²) in [7, 11) is -0.377. The lowest BCUT2D eigenvalue weighted by Crippen LogP contribution is -2.41. The molecule has 6 nitrogen and oxygen atoms in total.